The van der Waals surface area contributed by atoms with Crippen LogP contribution in [0.15, 0.2) is 24.3 Å². The molecular formula is C11H13F3O2. The zero-order valence-corrected chi connectivity index (χ0v) is 8.54. The van der Waals surface area contributed by atoms with E-state index in [9.17, 15) is 18.3 Å². The number of benzene rings is 1. The van der Waals surface area contributed by atoms with Crippen molar-refractivity contribution in [2.75, 3.05) is 6.61 Å². The number of aliphatic hydroxyl groups excluding tert-OH is 2. The van der Waals surface area contributed by atoms with Crippen molar-refractivity contribution in [1.29, 1.82) is 0 Å². The summed E-state index contributed by atoms with van der Waals surface area (Å²) in [6.07, 6.45) is -5.38. The first-order valence-electron chi connectivity index (χ1n) is 4.89. The number of halogens is 3. The molecule has 0 aliphatic rings. The van der Waals surface area contributed by atoms with Crippen LogP contribution in [0.3, 0.4) is 0 Å². The van der Waals surface area contributed by atoms with Crippen LogP contribution in [0.25, 0.3) is 0 Å². The molecule has 0 heterocycles. The molecule has 90 valence electrons. The molecule has 16 heavy (non-hydrogen) atoms. The van der Waals surface area contributed by atoms with E-state index in [4.69, 9.17) is 5.11 Å². The SMILES string of the molecule is OCC[C@H](O)Cc1ccccc1C(F)(F)F. The van der Waals surface area contributed by atoms with Gasteiger partial charge in [-0.1, -0.05) is 18.2 Å². The minimum Gasteiger partial charge on any atom is -0.396 e. The normalized spacial score (nSPS) is 13.8. The lowest BCUT2D eigenvalue weighted by Crippen LogP contribution is -2.16. The maximum Gasteiger partial charge on any atom is 0.416 e. The Morgan fingerprint density at radius 1 is 1.19 bits per heavy atom. The average molecular weight is 234 g/mol. The van der Waals surface area contributed by atoms with Gasteiger partial charge in [-0.05, 0) is 24.5 Å². The van der Waals surface area contributed by atoms with Crippen molar-refractivity contribution in [2.24, 2.45) is 0 Å². The molecule has 0 aliphatic carbocycles. The summed E-state index contributed by atoms with van der Waals surface area (Å²) < 4.78 is 37.7. The highest BCUT2D eigenvalue weighted by molar-refractivity contribution is 5.30. The molecule has 0 saturated heterocycles. The first kappa shape index (κ1) is 13.0. The molecule has 0 fully saturated rings. The van der Waals surface area contributed by atoms with Gasteiger partial charge < -0.3 is 10.2 Å². The molecule has 2 nitrogen and oxygen atoms in total. The summed E-state index contributed by atoms with van der Waals surface area (Å²) in [5, 5.41) is 17.9. The van der Waals surface area contributed by atoms with Gasteiger partial charge in [0, 0.05) is 6.61 Å². The zero-order valence-electron chi connectivity index (χ0n) is 8.54. The van der Waals surface area contributed by atoms with E-state index in [1.807, 2.05) is 0 Å². The number of hydrogen-bond acceptors (Lipinski definition) is 2. The maximum absolute atomic E-state index is 12.6. The Labute approximate surface area is 91.3 Å². The first-order valence-corrected chi connectivity index (χ1v) is 4.89. The molecule has 0 amide bonds. The standard InChI is InChI=1S/C11H13F3O2/c12-11(13,14)10-4-2-1-3-8(10)7-9(16)5-6-15/h1-4,9,15-16H,5-7H2/t9-/m0/s1. The van der Waals surface area contributed by atoms with Gasteiger partial charge in [0.2, 0.25) is 0 Å². The van der Waals surface area contributed by atoms with Gasteiger partial charge in [-0.2, -0.15) is 13.2 Å². The fraction of sp³-hybridized carbons (Fsp3) is 0.455. The van der Waals surface area contributed by atoms with E-state index >= 15 is 0 Å². The Hall–Kier alpha value is -1.07. The fourth-order valence-corrected chi connectivity index (χ4v) is 1.48. The molecule has 0 bridgehead atoms. The Bertz CT molecular complexity index is 336. The average Bonchev–Trinajstić information content (AvgIpc) is 2.17. The first-order chi connectivity index (χ1) is 7.45. The van der Waals surface area contributed by atoms with Crippen LogP contribution in [0, 0.1) is 0 Å². The van der Waals surface area contributed by atoms with Gasteiger partial charge in [0.05, 0.1) is 11.7 Å². The second kappa shape index (κ2) is 5.32. The van der Waals surface area contributed by atoms with Crippen LogP contribution < -0.4 is 0 Å². The monoisotopic (exact) mass is 234 g/mol. The van der Waals surface area contributed by atoms with E-state index in [-0.39, 0.29) is 25.0 Å². The highest BCUT2D eigenvalue weighted by Crippen LogP contribution is 2.32. The van der Waals surface area contributed by atoms with Crippen LogP contribution in [0.4, 0.5) is 13.2 Å². The fourth-order valence-electron chi connectivity index (χ4n) is 1.48. The minimum absolute atomic E-state index is 0.0518. The largest absolute Gasteiger partial charge is 0.416 e. The molecular weight excluding hydrogens is 221 g/mol. The molecule has 0 unspecified atom stereocenters. The summed E-state index contributed by atoms with van der Waals surface area (Å²) in [7, 11) is 0. The summed E-state index contributed by atoms with van der Waals surface area (Å²) in [4.78, 5) is 0. The number of alkyl halides is 3. The van der Waals surface area contributed by atoms with E-state index in [2.05, 4.69) is 0 Å². The zero-order chi connectivity index (χ0) is 12.2. The van der Waals surface area contributed by atoms with Crippen LogP contribution in [-0.4, -0.2) is 22.9 Å². The Kier molecular flexibility index (Phi) is 4.32. The molecule has 0 aliphatic heterocycles. The lowest BCUT2D eigenvalue weighted by molar-refractivity contribution is -0.138. The van der Waals surface area contributed by atoms with Crippen LogP contribution in [-0.2, 0) is 12.6 Å². The summed E-state index contributed by atoms with van der Waals surface area (Å²) >= 11 is 0. The predicted molar refractivity (Wildman–Crippen MR) is 52.9 cm³/mol. The van der Waals surface area contributed by atoms with Gasteiger partial charge >= 0.3 is 6.18 Å². The molecule has 1 atom stereocenters. The molecule has 1 aromatic carbocycles. The third-order valence-electron chi connectivity index (χ3n) is 2.24. The van der Waals surface area contributed by atoms with Gasteiger partial charge in [-0.25, -0.2) is 0 Å². The van der Waals surface area contributed by atoms with Gasteiger partial charge in [0.1, 0.15) is 0 Å². The highest BCUT2D eigenvalue weighted by atomic mass is 19.4. The topological polar surface area (TPSA) is 40.5 Å². The molecule has 0 radical (unpaired) electrons. The summed E-state index contributed by atoms with van der Waals surface area (Å²) in [5.74, 6) is 0. The molecule has 1 rings (SSSR count). The highest BCUT2D eigenvalue weighted by Gasteiger charge is 2.33. The quantitative estimate of drug-likeness (QED) is 0.836. The molecule has 0 spiro atoms. The van der Waals surface area contributed by atoms with Gasteiger partial charge in [0.15, 0.2) is 0 Å². The minimum atomic E-state index is -4.41. The molecule has 1 aromatic rings. The van der Waals surface area contributed by atoms with Crippen molar-refractivity contribution in [1.82, 2.24) is 0 Å². The van der Waals surface area contributed by atoms with Crippen molar-refractivity contribution in [3.8, 4) is 0 Å². The van der Waals surface area contributed by atoms with Crippen LogP contribution in [0.2, 0.25) is 0 Å². The number of hydrogen-bond donors (Lipinski definition) is 2. The van der Waals surface area contributed by atoms with E-state index in [0.29, 0.717) is 0 Å². The van der Waals surface area contributed by atoms with E-state index < -0.39 is 17.8 Å². The lowest BCUT2D eigenvalue weighted by Gasteiger charge is -2.15. The van der Waals surface area contributed by atoms with Gasteiger partial charge in [0.25, 0.3) is 0 Å². The van der Waals surface area contributed by atoms with Gasteiger partial charge in [-0.3, -0.25) is 0 Å². The Morgan fingerprint density at radius 2 is 1.81 bits per heavy atom. The summed E-state index contributed by atoms with van der Waals surface area (Å²) in [6.45, 7) is -0.241. The predicted octanol–water partition coefficient (Wildman–Crippen LogP) is 1.99. The Balaban J connectivity index is 2.87. The molecule has 5 heteroatoms. The van der Waals surface area contributed by atoms with Crippen molar-refractivity contribution in [3.63, 3.8) is 0 Å². The second-order valence-electron chi connectivity index (χ2n) is 3.53. The van der Waals surface area contributed by atoms with Crippen molar-refractivity contribution in [3.05, 3.63) is 35.4 Å². The van der Waals surface area contributed by atoms with E-state index in [1.165, 1.54) is 18.2 Å². The van der Waals surface area contributed by atoms with Crippen molar-refractivity contribution < 1.29 is 23.4 Å². The number of aliphatic hydroxyl groups is 2. The summed E-state index contributed by atoms with van der Waals surface area (Å²) in [6, 6.07) is 5.13. The second-order valence-corrected chi connectivity index (χ2v) is 3.53. The number of rotatable bonds is 4. The summed E-state index contributed by atoms with van der Waals surface area (Å²) in [5.41, 5.74) is -0.678. The van der Waals surface area contributed by atoms with Crippen LogP contribution >= 0.6 is 0 Å². The Morgan fingerprint density at radius 3 is 2.38 bits per heavy atom. The smallest absolute Gasteiger partial charge is 0.396 e. The van der Waals surface area contributed by atoms with Gasteiger partial charge in [-0.15, -0.1) is 0 Å². The van der Waals surface area contributed by atoms with Crippen LogP contribution in [0.1, 0.15) is 17.5 Å². The third kappa shape index (κ3) is 3.50. The third-order valence-corrected chi connectivity index (χ3v) is 2.24. The lowest BCUT2D eigenvalue weighted by atomic mass is 10.00. The molecule has 0 saturated carbocycles. The van der Waals surface area contributed by atoms with Crippen molar-refractivity contribution in [2.45, 2.75) is 25.1 Å². The van der Waals surface area contributed by atoms with Crippen molar-refractivity contribution >= 4 is 0 Å². The van der Waals surface area contributed by atoms with E-state index in [0.717, 1.165) is 6.07 Å². The van der Waals surface area contributed by atoms with Crippen LogP contribution in [0.5, 0.6) is 0 Å². The van der Waals surface area contributed by atoms with E-state index in [1.54, 1.807) is 0 Å². The maximum atomic E-state index is 12.6. The molecule has 2 N–H and O–H groups in total. The molecule has 0 aromatic heterocycles.